The van der Waals surface area contributed by atoms with Gasteiger partial charge in [-0.05, 0) is 11.6 Å². The molecule has 0 atom stereocenters. The number of pyridine rings is 2. The Hall–Kier alpha value is -1.65. The van der Waals surface area contributed by atoms with Crippen LogP contribution in [-0.4, -0.2) is 15.1 Å². The Morgan fingerprint density at radius 3 is 2.55 bits per heavy atom. The highest BCUT2D eigenvalue weighted by atomic mass is 35.5. The molecule has 4 nitrogen and oxygen atoms in total. The van der Waals surface area contributed by atoms with Crippen molar-refractivity contribution in [2.24, 2.45) is 0 Å². The second-order valence-corrected chi connectivity index (χ2v) is 5.98. The summed E-state index contributed by atoms with van der Waals surface area (Å²) >= 11 is 5.87. The Morgan fingerprint density at radius 2 is 1.95 bits per heavy atom. The van der Waals surface area contributed by atoms with Crippen LogP contribution in [0.3, 0.4) is 0 Å². The number of ether oxygens (including phenoxy) is 1. The van der Waals surface area contributed by atoms with E-state index in [-0.39, 0.29) is 12.0 Å². The molecule has 2 aromatic rings. The number of aliphatic hydroxyl groups is 1. The molecule has 2 rings (SSSR count). The average Bonchev–Trinajstić information content (AvgIpc) is 2.37. The molecule has 0 saturated heterocycles. The Bertz CT molecular complexity index is 609. The van der Waals surface area contributed by atoms with Crippen molar-refractivity contribution in [3.63, 3.8) is 0 Å². The van der Waals surface area contributed by atoms with E-state index >= 15 is 0 Å². The van der Waals surface area contributed by atoms with Crippen LogP contribution in [-0.2, 0) is 12.0 Å². The zero-order chi connectivity index (χ0) is 14.8. The van der Waals surface area contributed by atoms with Gasteiger partial charge in [0.25, 0.3) is 0 Å². The molecule has 0 aliphatic carbocycles. The minimum atomic E-state index is -0.129. The number of hydrogen-bond acceptors (Lipinski definition) is 4. The predicted molar refractivity (Wildman–Crippen MR) is 78.2 cm³/mol. The Morgan fingerprint density at radius 1 is 1.20 bits per heavy atom. The van der Waals surface area contributed by atoms with E-state index in [0.717, 1.165) is 11.3 Å². The van der Waals surface area contributed by atoms with Crippen LogP contribution in [0.4, 0.5) is 0 Å². The van der Waals surface area contributed by atoms with E-state index in [4.69, 9.17) is 16.3 Å². The highest BCUT2D eigenvalue weighted by Gasteiger charge is 2.17. The zero-order valence-electron chi connectivity index (χ0n) is 11.7. The molecule has 5 heteroatoms. The number of halogens is 1. The smallest absolute Gasteiger partial charge is 0.219 e. The third-order valence-corrected chi connectivity index (χ3v) is 2.92. The molecular formula is C15H17ClN2O2. The van der Waals surface area contributed by atoms with E-state index in [1.54, 1.807) is 18.3 Å². The maximum Gasteiger partial charge on any atom is 0.219 e. The Kier molecular flexibility index (Phi) is 4.26. The topological polar surface area (TPSA) is 55.2 Å². The van der Waals surface area contributed by atoms with Crippen molar-refractivity contribution in [2.75, 3.05) is 0 Å². The molecule has 0 spiro atoms. The van der Waals surface area contributed by atoms with Gasteiger partial charge >= 0.3 is 0 Å². The van der Waals surface area contributed by atoms with E-state index in [9.17, 15) is 5.11 Å². The summed E-state index contributed by atoms with van der Waals surface area (Å²) in [5.41, 5.74) is 1.49. The number of nitrogens with zero attached hydrogens (tertiary/aromatic N) is 2. The molecule has 0 saturated carbocycles. The summed E-state index contributed by atoms with van der Waals surface area (Å²) in [5.74, 6) is 0.936. The lowest BCUT2D eigenvalue weighted by Gasteiger charge is -2.19. The van der Waals surface area contributed by atoms with Crippen LogP contribution in [0.2, 0.25) is 5.02 Å². The molecule has 0 aromatic carbocycles. The third-order valence-electron chi connectivity index (χ3n) is 2.71. The van der Waals surface area contributed by atoms with Crippen LogP contribution in [0.1, 0.15) is 32.0 Å². The van der Waals surface area contributed by atoms with Crippen LogP contribution in [0.25, 0.3) is 0 Å². The lowest BCUT2D eigenvalue weighted by atomic mass is 9.91. The van der Waals surface area contributed by atoms with Gasteiger partial charge in [-0.2, -0.15) is 0 Å². The molecule has 0 radical (unpaired) electrons. The van der Waals surface area contributed by atoms with Crippen LogP contribution in [0.15, 0.2) is 30.6 Å². The average molecular weight is 293 g/mol. The Balaban J connectivity index is 2.36. The van der Waals surface area contributed by atoms with E-state index in [1.807, 2.05) is 6.07 Å². The minimum absolute atomic E-state index is 0.0598. The van der Waals surface area contributed by atoms with E-state index in [1.165, 1.54) is 6.20 Å². The number of rotatable bonds is 3. The molecule has 2 aromatic heterocycles. The molecule has 1 N–H and O–H groups in total. The van der Waals surface area contributed by atoms with Gasteiger partial charge in [-0.1, -0.05) is 32.4 Å². The lowest BCUT2D eigenvalue weighted by molar-refractivity contribution is 0.280. The van der Waals surface area contributed by atoms with Crippen LogP contribution >= 0.6 is 11.6 Å². The van der Waals surface area contributed by atoms with E-state index in [0.29, 0.717) is 16.7 Å². The van der Waals surface area contributed by atoms with Crippen molar-refractivity contribution in [1.82, 2.24) is 9.97 Å². The molecule has 0 aliphatic rings. The van der Waals surface area contributed by atoms with Gasteiger partial charge in [0.1, 0.15) is 5.75 Å². The van der Waals surface area contributed by atoms with Gasteiger partial charge in [-0.15, -0.1) is 0 Å². The summed E-state index contributed by atoms with van der Waals surface area (Å²) < 4.78 is 5.67. The summed E-state index contributed by atoms with van der Waals surface area (Å²) in [7, 11) is 0. The number of aromatic nitrogens is 2. The second-order valence-electron chi connectivity index (χ2n) is 5.55. The SMILES string of the molecule is CC(C)(C)c1cc(CO)cc(Oc2cncc(Cl)c2)n1. The fourth-order valence-corrected chi connectivity index (χ4v) is 1.82. The quantitative estimate of drug-likeness (QED) is 0.937. The van der Waals surface area contributed by atoms with Gasteiger partial charge in [0.05, 0.1) is 23.5 Å². The highest BCUT2D eigenvalue weighted by molar-refractivity contribution is 6.30. The molecule has 2 heterocycles. The lowest BCUT2D eigenvalue weighted by Crippen LogP contribution is -2.14. The Labute approximate surface area is 123 Å². The standard InChI is InChI=1S/C15H17ClN2O2/c1-15(2,3)13-4-10(9-19)5-14(18-13)20-12-6-11(16)7-17-8-12/h4-8,19H,9H2,1-3H3. The van der Waals surface area contributed by atoms with Crippen LogP contribution < -0.4 is 4.74 Å². The van der Waals surface area contributed by atoms with Crippen molar-refractivity contribution in [2.45, 2.75) is 32.8 Å². The van der Waals surface area contributed by atoms with Crippen molar-refractivity contribution >= 4 is 11.6 Å². The van der Waals surface area contributed by atoms with Gasteiger partial charge in [-0.3, -0.25) is 4.98 Å². The van der Waals surface area contributed by atoms with Crippen molar-refractivity contribution < 1.29 is 9.84 Å². The first kappa shape index (κ1) is 14.8. The predicted octanol–water partition coefficient (Wildman–Crippen LogP) is 3.71. The maximum absolute atomic E-state index is 9.35. The summed E-state index contributed by atoms with van der Waals surface area (Å²) in [6.45, 7) is 6.11. The van der Waals surface area contributed by atoms with Crippen molar-refractivity contribution in [3.8, 4) is 11.6 Å². The first-order valence-corrected chi connectivity index (χ1v) is 6.67. The summed E-state index contributed by atoms with van der Waals surface area (Å²) in [5, 5.41) is 9.84. The summed E-state index contributed by atoms with van der Waals surface area (Å²) in [6.07, 6.45) is 3.10. The van der Waals surface area contributed by atoms with Crippen molar-refractivity contribution in [3.05, 3.63) is 46.9 Å². The van der Waals surface area contributed by atoms with Gasteiger partial charge < -0.3 is 9.84 Å². The number of hydrogen-bond donors (Lipinski definition) is 1. The van der Waals surface area contributed by atoms with Gasteiger partial charge in [0, 0.05) is 23.7 Å². The monoisotopic (exact) mass is 292 g/mol. The van der Waals surface area contributed by atoms with Crippen LogP contribution in [0.5, 0.6) is 11.6 Å². The highest BCUT2D eigenvalue weighted by Crippen LogP contribution is 2.27. The van der Waals surface area contributed by atoms with Crippen molar-refractivity contribution in [1.29, 1.82) is 0 Å². The zero-order valence-corrected chi connectivity index (χ0v) is 12.5. The largest absolute Gasteiger partial charge is 0.437 e. The van der Waals surface area contributed by atoms with Gasteiger partial charge in [0.15, 0.2) is 0 Å². The molecule has 106 valence electrons. The first-order valence-electron chi connectivity index (χ1n) is 6.29. The van der Waals surface area contributed by atoms with E-state index < -0.39 is 0 Å². The minimum Gasteiger partial charge on any atom is -0.437 e. The molecular weight excluding hydrogens is 276 g/mol. The third kappa shape index (κ3) is 3.68. The number of aliphatic hydroxyl groups excluding tert-OH is 1. The van der Waals surface area contributed by atoms with E-state index in [2.05, 4.69) is 30.7 Å². The molecule has 0 fully saturated rings. The molecule has 0 unspecified atom stereocenters. The van der Waals surface area contributed by atoms with Crippen LogP contribution in [0, 0.1) is 0 Å². The summed E-state index contributed by atoms with van der Waals surface area (Å²) in [4.78, 5) is 8.43. The normalized spacial score (nSPS) is 11.4. The fraction of sp³-hybridized carbons (Fsp3) is 0.333. The molecule has 0 amide bonds. The molecule has 20 heavy (non-hydrogen) atoms. The molecule has 0 aliphatic heterocycles. The first-order chi connectivity index (χ1) is 9.38. The fourth-order valence-electron chi connectivity index (χ4n) is 1.66. The molecule has 0 bridgehead atoms. The van der Waals surface area contributed by atoms with Gasteiger partial charge in [-0.25, -0.2) is 4.98 Å². The second kappa shape index (κ2) is 5.77. The van der Waals surface area contributed by atoms with Gasteiger partial charge in [0.2, 0.25) is 5.88 Å². The maximum atomic E-state index is 9.35. The summed E-state index contributed by atoms with van der Waals surface area (Å²) in [6, 6.07) is 5.25.